The molecule has 106 valence electrons. The zero-order chi connectivity index (χ0) is 14.7. The van der Waals surface area contributed by atoms with Gasteiger partial charge in [-0.1, -0.05) is 35.3 Å². The van der Waals surface area contributed by atoms with Gasteiger partial charge < -0.3 is 5.32 Å². The summed E-state index contributed by atoms with van der Waals surface area (Å²) in [7, 11) is 1.71. The van der Waals surface area contributed by atoms with Crippen LogP contribution in [0.15, 0.2) is 36.4 Å². The van der Waals surface area contributed by atoms with Crippen LogP contribution in [0.25, 0.3) is 0 Å². The van der Waals surface area contributed by atoms with Crippen molar-refractivity contribution >= 4 is 23.2 Å². The molecule has 0 bridgehead atoms. The maximum absolute atomic E-state index is 13.9. The second-order valence-corrected chi connectivity index (χ2v) is 5.23. The Morgan fingerprint density at radius 3 is 2.45 bits per heavy atom. The number of nitrogens with one attached hydrogen (secondary N) is 1. The first kappa shape index (κ1) is 15.2. The van der Waals surface area contributed by atoms with Crippen LogP contribution < -0.4 is 5.32 Å². The molecule has 0 aliphatic heterocycles. The average Bonchev–Trinajstić information content (AvgIpc) is 2.39. The minimum absolute atomic E-state index is 0.317. The van der Waals surface area contributed by atoms with Gasteiger partial charge in [0, 0.05) is 21.7 Å². The number of likely N-dealkylation sites (N-methyl/N-ethyl adjacent to an activating group) is 1. The van der Waals surface area contributed by atoms with Crippen LogP contribution in [0.4, 0.5) is 8.78 Å². The van der Waals surface area contributed by atoms with Crippen molar-refractivity contribution in [3.05, 3.63) is 69.2 Å². The quantitative estimate of drug-likeness (QED) is 0.856. The van der Waals surface area contributed by atoms with Gasteiger partial charge in [0.25, 0.3) is 0 Å². The van der Waals surface area contributed by atoms with E-state index in [1.165, 1.54) is 18.2 Å². The summed E-state index contributed by atoms with van der Waals surface area (Å²) in [6, 6.07) is 8.37. The van der Waals surface area contributed by atoms with E-state index in [0.29, 0.717) is 22.0 Å². The van der Waals surface area contributed by atoms with E-state index in [9.17, 15) is 8.78 Å². The molecule has 0 saturated heterocycles. The van der Waals surface area contributed by atoms with Crippen LogP contribution in [-0.4, -0.2) is 7.05 Å². The number of benzene rings is 2. The van der Waals surface area contributed by atoms with Crippen molar-refractivity contribution in [3.8, 4) is 0 Å². The van der Waals surface area contributed by atoms with Crippen LogP contribution in [0.3, 0.4) is 0 Å². The van der Waals surface area contributed by atoms with Crippen LogP contribution in [-0.2, 0) is 6.42 Å². The number of hydrogen-bond donors (Lipinski definition) is 1. The van der Waals surface area contributed by atoms with Gasteiger partial charge in [0.2, 0.25) is 0 Å². The van der Waals surface area contributed by atoms with Crippen molar-refractivity contribution in [2.45, 2.75) is 12.5 Å². The second kappa shape index (κ2) is 6.53. The van der Waals surface area contributed by atoms with Gasteiger partial charge in [0.15, 0.2) is 0 Å². The summed E-state index contributed by atoms with van der Waals surface area (Å²) < 4.78 is 27.0. The van der Waals surface area contributed by atoms with Gasteiger partial charge in [-0.25, -0.2) is 8.78 Å². The van der Waals surface area contributed by atoms with E-state index in [1.807, 2.05) is 0 Å². The van der Waals surface area contributed by atoms with E-state index >= 15 is 0 Å². The Morgan fingerprint density at radius 1 is 1.10 bits per heavy atom. The molecule has 0 spiro atoms. The third-order valence-electron chi connectivity index (χ3n) is 3.14. The predicted molar refractivity (Wildman–Crippen MR) is 78.3 cm³/mol. The van der Waals surface area contributed by atoms with Crippen molar-refractivity contribution < 1.29 is 8.78 Å². The molecular formula is C15H13Cl2F2N. The maximum atomic E-state index is 13.9. The first-order valence-corrected chi connectivity index (χ1v) is 6.83. The Balaban J connectivity index is 2.34. The van der Waals surface area contributed by atoms with E-state index in [0.717, 1.165) is 5.56 Å². The van der Waals surface area contributed by atoms with Crippen molar-refractivity contribution in [1.29, 1.82) is 0 Å². The SMILES string of the molecule is CNC(Cc1ccc(F)cc1Cl)c1c(F)cccc1Cl. The number of halogens is 4. The Hall–Kier alpha value is -1.16. The zero-order valence-electron chi connectivity index (χ0n) is 10.8. The highest BCUT2D eigenvalue weighted by Crippen LogP contribution is 2.30. The fraction of sp³-hybridized carbons (Fsp3) is 0.200. The third kappa shape index (κ3) is 3.29. The van der Waals surface area contributed by atoms with E-state index in [-0.39, 0.29) is 11.9 Å². The summed E-state index contributed by atoms with van der Waals surface area (Å²) in [5, 5.41) is 3.68. The van der Waals surface area contributed by atoms with Crippen molar-refractivity contribution in [3.63, 3.8) is 0 Å². The number of rotatable bonds is 4. The van der Waals surface area contributed by atoms with Crippen LogP contribution >= 0.6 is 23.2 Å². The first-order chi connectivity index (χ1) is 9.52. The standard InChI is InChI=1S/C15H13Cl2F2N/c1-20-14(15-11(16)3-2-4-13(15)19)7-9-5-6-10(18)8-12(9)17/h2-6,8,14,20H,7H2,1H3. The molecule has 0 fully saturated rings. The predicted octanol–water partition coefficient (Wildman–Crippen LogP) is 4.77. The lowest BCUT2D eigenvalue weighted by Crippen LogP contribution is -2.20. The molecule has 20 heavy (non-hydrogen) atoms. The van der Waals surface area contributed by atoms with Crippen molar-refractivity contribution in [2.24, 2.45) is 0 Å². The molecule has 0 radical (unpaired) electrons. The van der Waals surface area contributed by atoms with Crippen LogP contribution in [0, 0.1) is 11.6 Å². The Morgan fingerprint density at radius 2 is 1.85 bits per heavy atom. The minimum Gasteiger partial charge on any atom is -0.313 e. The van der Waals surface area contributed by atoms with Crippen LogP contribution in [0.2, 0.25) is 10.0 Å². The normalized spacial score (nSPS) is 12.4. The maximum Gasteiger partial charge on any atom is 0.129 e. The topological polar surface area (TPSA) is 12.0 Å². The van der Waals surface area contributed by atoms with E-state index in [2.05, 4.69) is 5.32 Å². The van der Waals surface area contributed by atoms with Crippen LogP contribution in [0.5, 0.6) is 0 Å². The summed E-state index contributed by atoms with van der Waals surface area (Å²) in [5.41, 5.74) is 1.11. The van der Waals surface area contributed by atoms with Gasteiger partial charge in [0.05, 0.1) is 0 Å². The fourth-order valence-corrected chi connectivity index (χ4v) is 2.64. The molecule has 1 nitrogen and oxygen atoms in total. The Bertz CT molecular complexity index is 597. The zero-order valence-corrected chi connectivity index (χ0v) is 12.3. The molecule has 0 saturated carbocycles. The highest BCUT2D eigenvalue weighted by Gasteiger charge is 2.19. The van der Waals surface area contributed by atoms with Gasteiger partial charge >= 0.3 is 0 Å². The lowest BCUT2D eigenvalue weighted by molar-refractivity contribution is 0.533. The van der Waals surface area contributed by atoms with Crippen molar-refractivity contribution in [2.75, 3.05) is 7.05 Å². The third-order valence-corrected chi connectivity index (χ3v) is 3.82. The summed E-state index contributed by atoms with van der Waals surface area (Å²) in [6.45, 7) is 0. The molecule has 0 amide bonds. The van der Waals surface area contributed by atoms with Gasteiger partial charge in [0.1, 0.15) is 11.6 Å². The first-order valence-electron chi connectivity index (χ1n) is 6.08. The highest BCUT2D eigenvalue weighted by molar-refractivity contribution is 6.31. The molecule has 0 aromatic heterocycles. The molecule has 2 aromatic rings. The molecule has 5 heteroatoms. The molecular weight excluding hydrogens is 303 g/mol. The molecule has 2 aromatic carbocycles. The molecule has 0 aliphatic carbocycles. The fourth-order valence-electron chi connectivity index (χ4n) is 2.10. The summed E-state index contributed by atoms with van der Waals surface area (Å²) in [4.78, 5) is 0. The molecule has 0 aliphatic rings. The molecule has 0 heterocycles. The lowest BCUT2D eigenvalue weighted by Gasteiger charge is -2.19. The van der Waals surface area contributed by atoms with Crippen molar-refractivity contribution in [1.82, 2.24) is 5.32 Å². The summed E-state index contributed by atoms with van der Waals surface area (Å²) in [6.07, 6.45) is 0.413. The van der Waals surface area contributed by atoms with E-state index in [1.54, 1.807) is 25.2 Å². The summed E-state index contributed by atoms with van der Waals surface area (Å²) in [5.74, 6) is -0.779. The Kier molecular flexibility index (Phi) is 4.97. The van der Waals surface area contributed by atoms with Gasteiger partial charge in [-0.3, -0.25) is 0 Å². The average molecular weight is 316 g/mol. The van der Waals surface area contributed by atoms with Gasteiger partial charge in [-0.05, 0) is 43.3 Å². The van der Waals surface area contributed by atoms with Gasteiger partial charge in [-0.15, -0.1) is 0 Å². The highest BCUT2D eigenvalue weighted by atomic mass is 35.5. The van der Waals surface area contributed by atoms with Gasteiger partial charge in [-0.2, -0.15) is 0 Å². The van der Waals surface area contributed by atoms with Crippen LogP contribution in [0.1, 0.15) is 17.2 Å². The Labute approximate surface area is 126 Å². The second-order valence-electron chi connectivity index (χ2n) is 4.42. The smallest absolute Gasteiger partial charge is 0.129 e. The molecule has 2 rings (SSSR count). The molecule has 1 N–H and O–H groups in total. The summed E-state index contributed by atoms with van der Waals surface area (Å²) >= 11 is 12.1. The van der Waals surface area contributed by atoms with E-state index < -0.39 is 5.82 Å². The monoisotopic (exact) mass is 315 g/mol. The minimum atomic E-state index is -0.399. The largest absolute Gasteiger partial charge is 0.313 e. The molecule has 1 atom stereocenters. The molecule has 1 unspecified atom stereocenters. The lowest BCUT2D eigenvalue weighted by atomic mass is 9.98. The number of hydrogen-bond acceptors (Lipinski definition) is 1. The van der Waals surface area contributed by atoms with E-state index in [4.69, 9.17) is 23.2 Å².